The van der Waals surface area contributed by atoms with Crippen LogP contribution in [0.2, 0.25) is 0 Å². The molecule has 1 saturated heterocycles. The largest absolute Gasteiger partial charge is 0.323 e. The van der Waals surface area contributed by atoms with Gasteiger partial charge in [0.2, 0.25) is 0 Å². The first-order valence-electron chi connectivity index (χ1n) is 6.60. The summed E-state index contributed by atoms with van der Waals surface area (Å²) in [5, 5.41) is 4.30. The van der Waals surface area contributed by atoms with Gasteiger partial charge in [0.15, 0.2) is 9.84 Å². The van der Waals surface area contributed by atoms with Crippen LogP contribution in [-0.4, -0.2) is 29.7 Å². The maximum Gasteiger partial charge on any atom is 0.150 e. The summed E-state index contributed by atoms with van der Waals surface area (Å²) in [5.41, 5.74) is 7.23. The summed E-state index contributed by atoms with van der Waals surface area (Å²) in [4.78, 5) is 0. The van der Waals surface area contributed by atoms with E-state index in [2.05, 4.69) is 28.0 Å². The Labute approximate surface area is 122 Å². The van der Waals surface area contributed by atoms with Gasteiger partial charge >= 0.3 is 0 Å². The van der Waals surface area contributed by atoms with E-state index in [4.69, 9.17) is 5.73 Å². The second kappa shape index (κ2) is 5.93. The van der Waals surface area contributed by atoms with Gasteiger partial charge in [-0.1, -0.05) is 6.92 Å². The molecule has 1 aromatic rings. The molecular weight excluding hydrogens is 330 g/mol. The Morgan fingerprint density at radius 2 is 2.37 bits per heavy atom. The molecule has 108 valence electrons. The predicted octanol–water partition coefficient (Wildman–Crippen LogP) is 1.88. The van der Waals surface area contributed by atoms with Crippen LogP contribution < -0.4 is 5.73 Å². The van der Waals surface area contributed by atoms with Gasteiger partial charge in [0, 0.05) is 12.6 Å². The van der Waals surface area contributed by atoms with Gasteiger partial charge < -0.3 is 5.73 Å². The standard InChI is InChI=1S/C12H20BrN3O2S/c1-2-4-16-12(10(13)7-15-16)11(14)6-9-3-5-19(17,18)8-9/h7,9,11H,2-6,8,14H2,1H3. The molecule has 0 radical (unpaired) electrons. The van der Waals surface area contributed by atoms with E-state index in [0.29, 0.717) is 12.2 Å². The zero-order valence-corrected chi connectivity index (χ0v) is 13.5. The van der Waals surface area contributed by atoms with Crippen molar-refractivity contribution in [2.24, 2.45) is 11.7 Å². The fourth-order valence-corrected chi connectivity index (χ4v) is 5.13. The third kappa shape index (κ3) is 3.58. The van der Waals surface area contributed by atoms with E-state index in [0.717, 1.165) is 29.6 Å². The Bertz CT molecular complexity index is 541. The summed E-state index contributed by atoms with van der Waals surface area (Å²) in [6.45, 7) is 2.92. The Morgan fingerprint density at radius 1 is 1.63 bits per heavy atom. The molecule has 0 spiro atoms. The molecule has 1 aromatic heterocycles. The molecule has 0 bridgehead atoms. The Balaban J connectivity index is 2.08. The van der Waals surface area contributed by atoms with E-state index in [9.17, 15) is 8.42 Å². The van der Waals surface area contributed by atoms with Crippen molar-refractivity contribution >= 4 is 25.8 Å². The van der Waals surface area contributed by atoms with Crippen LogP contribution in [0.5, 0.6) is 0 Å². The minimum atomic E-state index is -2.83. The zero-order valence-electron chi connectivity index (χ0n) is 11.0. The molecule has 1 aliphatic rings. The Hall–Kier alpha value is -0.400. The van der Waals surface area contributed by atoms with Crippen LogP contribution in [-0.2, 0) is 16.4 Å². The van der Waals surface area contributed by atoms with Gasteiger partial charge in [-0.05, 0) is 41.1 Å². The molecule has 0 saturated carbocycles. The SMILES string of the molecule is CCCn1ncc(Br)c1C(N)CC1CCS(=O)(=O)C1. The summed E-state index contributed by atoms with van der Waals surface area (Å²) in [7, 11) is -2.83. The Kier molecular flexibility index (Phi) is 4.68. The number of nitrogens with zero attached hydrogens (tertiary/aromatic N) is 2. The van der Waals surface area contributed by atoms with Crippen molar-refractivity contribution in [1.82, 2.24) is 9.78 Å². The molecule has 0 aliphatic carbocycles. The first-order chi connectivity index (χ1) is 8.93. The van der Waals surface area contributed by atoms with E-state index in [1.54, 1.807) is 6.20 Å². The molecule has 2 N–H and O–H groups in total. The lowest BCUT2D eigenvalue weighted by molar-refractivity contribution is 0.448. The number of nitrogens with two attached hydrogens (primary N) is 1. The van der Waals surface area contributed by atoms with Crippen LogP contribution >= 0.6 is 15.9 Å². The van der Waals surface area contributed by atoms with E-state index in [-0.39, 0.29) is 17.7 Å². The topological polar surface area (TPSA) is 78.0 Å². The maximum atomic E-state index is 11.5. The molecule has 2 unspecified atom stereocenters. The fourth-order valence-electron chi connectivity index (χ4n) is 2.66. The van der Waals surface area contributed by atoms with Gasteiger partial charge in [0.25, 0.3) is 0 Å². The lowest BCUT2D eigenvalue weighted by Gasteiger charge is -2.17. The van der Waals surface area contributed by atoms with E-state index >= 15 is 0 Å². The molecule has 19 heavy (non-hydrogen) atoms. The number of aryl methyl sites for hydroxylation is 1. The van der Waals surface area contributed by atoms with Crippen molar-refractivity contribution in [2.45, 2.75) is 38.8 Å². The van der Waals surface area contributed by atoms with Crippen molar-refractivity contribution in [3.8, 4) is 0 Å². The molecule has 7 heteroatoms. The summed E-state index contributed by atoms with van der Waals surface area (Å²) in [6.07, 6.45) is 4.19. The maximum absolute atomic E-state index is 11.5. The number of rotatable bonds is 5. The lowest BCUT2D eigenvalue weighted by atomic mass is 9.98. The molecule has 1 fully saturated rings. The third-order valence-corrected chi connectivity index (χ3v) is 5.98. The number of aromatic nitrogens is 2. The highest BCUT2D eigenvalue weighted by molar-refractivity contribution is 9.10. The second-order valence-corrected chi connectivity index (χ2v) is 8.30. The molecule has 2 rings (SSSR count). The first kappa shape index (κ1) is 15.0. The van der Waals surface area contributed by atoms with Gasteiger partial charge in [-0.25, -0.2) is 8.42 Å². The van der Waals surface area contributed by atoms with Crippen molar-refractivity contribution in [2.75, 3.05) is 11.5 Å². The van der Waals surface area contributed by atoms with Crippen LogP contribution in [0.15, 0.2) is 10.7 Å². The smallest absolute Gasteiger partial charge is 0.150 e. The quantitative estimate of drug-likeness (QED) is 0.880. The van der Waals surface area contributed by atoms with E-state index in [1.165, 1.54) is 0 Å². The second-order valence-electron chi connectivity index (χ2n) is 5.21. The minimum absolute atomic E-state index is 0.165. The average Bonchev–Trinajstić information content (AvgIpc) is 2.83. The molecule has 2 heterocycles. The molecule has 0 aromatic carbocycles. The van der Waals surface area contributed by atoms with E-state index < -0.39 is 9.84 Å². The zero-order chi connectivity index (χ0) is 14.0. The van der Waals surface area contributed by atoms with Gasteiger partial charge in [0.1, 0.15) is 0 Å². The summed E-state index contributed by atoms with van der Waals surface area (Å²) in [5.74, 6) is 0.761. The highest BCUT2D eigenvalue weighted by Crippen LogP contribution is 2.30. The van der Waals surface area contributed by atoms with Gasteiger partial charge in [-0.3, -0.25) is 4.68 Å². The van der Waals surface area contributed by atoms with Crippen molar-refractivity contribution < 1.29 is 8.42 Å². The molecule has 1 aliphatic heterocycles. The van der Waals surface area contributed by atoms with Crippen LogP contribution in [0.1, 0.15) is 37.9 Å². The van der Waals surface area contributed by atoms with Crippen LogP contribution in [0, 0.1) is 5.92 Å². The van der Waals surface area contributed by atoms with Crippen molar-refractivity contribution in [3.05, 3.63) is 16.4 Å². The van der Waals surface area contributed by atoms with Crippen molar-refractivity contribution in [3.63, 3.8) is 0 Å². The third-order valence-electron chi connectivity index (χ3n) is 3.53. The first-order valence-corrected chi connectivity index (χ1v) is 9.21. The molecular formula is C12H20BrN3O2S. The highest BCUT2D eigenvalue weighted by atomic mass is 79.9. The monoisotopic (exact) mass is 349 g/mol. The number of halogens is 1. The summed E-state index contributed by atoms with van der Waals surface area (Å²) >= 11 is 3.48. The molecule has 0 amide bonds. The van der Waals surface area contributed by atoms with E-state index in [1.807, 2.05) is 4.68 Å². The molecule has 5 nitrogen and oxygen atoms in total. The number of sulfone groups is 1. The Morgan fingerprint density at radius 3 is 2.95 bits per heavy atom. The average molecular weight is 350 g/mol. The van der Waals surface area contributed by atoms with Gasteiger partial charge in [-0.15, -0.1) is 0 Å². The van der Waals surface area contributed by atoms with Crippen LogP contribution in [0.25, 0.3) is 0 Å². The number of hydrogen-bond acceptors (Lipinski definition) is 4. The van der Waals surface area contributed by atoms with Crippen LogP contribution in [0.3, 0.4) is 0 Å². The number of hydrogen-bond donors (Lipinski definition) is 1. The van der Waals surface area contributed by atoms with Gasteiger partial charge in [0.05, 0.1) is 27.9 Å². The van der Waals surface area contributed by atoms with Crippen molar-refractivity contribution in [1.29, 1.82) is 0 Å². The summed E-state index contributed by atoms with van der Waals surface area (Å²) < 4.78 is 25.8. The normalized spacial score (nSPS) is 23.6. The van der Waals surface area contributed by atoms with Gasteiger partial charge in [-0.2, -0.15) is 5.10 Å². The lowest BCUT2D eigenvalue weighted by Crippen LogP contribution is -2.20. The predicted molar refractivity (Wildman–Crippen MR) is 78.5 cm³/mol. The molecule has 2 atom stereocenters. The fraction of sp³-hybridized carbons (Fsp3) is 0.750. The summed E-state index contributed by atoms with van der Waals surface area (Å²) in [6, 6.07) is -0.165. The minimum Gasteiger partial charge on any atom is -0.323 e. The van der Waals surface area contributed by atoms with Crippen LogP contribution in [0.4, 0.5) is 0 Å². The highest BCUT2D eigenvalue weighted by Gasteiger charge is 2.30.